The van der Waals surface area contributed by atoms with E-state index >= 15 is 0 Å². The van der Waals surface area contributed by atoms with Crippen LogP contribution in [0, 0.1) is 5.92 Å². The van der Waals surface area contributed by atoms with Gasteiger partial charge >= 0.3 is 0 Å². The van der Waals surface area contributed by atoms with Crippen LogP contribution in [-0.4, -0.2) is 43.9 Å². The summed E-state index contributed by atoms with van der Waals surface area (Å²) in [5.41, 5.74) is 2.41. The fraction of sp³-hybridized carbons (Fsp3) is 0.364. The minimum atomic E-state index is -0.0647. The van der Waals surface area contributed by atoms with Gasteiger partial charge in [0.05, 0.1) is 23.5 Å². The highest BCUT2D eigenvalue weighted by atomic mass is 16.2. The summed E-state index contributed by atoms with van der Waals surface area (Å²) in [6.45, 7) is 5.90. The highest BCUT2D eigenvalue weighted by molar-refractivity contribution is 5.94. The van der Waals surface area contributed by atoms with Crippen LogP contribution in [-0.2, 0) is 0 Å². The average Bonchev–Trinajstić information content (AvgIpc) is 3.26. The van der Waals surface area contributed by atoms with Crippen LogP contribution >= 0.6 is 0 Å². The molecule has 2 aromatic heterocycles. The van der Waals surface area contributed by atoms with Crippen molar-refractivity contribution < 1.29 is 4.79 Å². The van der Waals surface area contributed by atoms with Gasteiger partial charge in [-0.05, 0) is 49.9 Å². The van der Waals surface area contributed by atoms with E-state index < -0.39 is 0 Å². The van der Waals surface area contributed by atoms with E-state index in [-0.39, 0.29) is 11.9 Å². The molecular weight excluding hydrogens is 364 g/mol. The summed E-state index contributed by atoms with van der Waals surface area (Å²) in [7, 11) is 0. The van der Waals surface area contributed by atoms with Gasteiger partial charge in [0.15, 0.2) is 0 Å². The van der Waals surface area contributed by atoms with Crippen LogP contribution in [0.25, 0.3) is 5.69 Å². The van der Waals surface area contributed by atoms with Crippen LogP contribution in [0.5, 0.6) is 0 Å². The van der Waals surface area contributed by atoms with Gasteiger partial charge in [-0.25, -0.2) is 9.67 Å². The number of benzene rings is 1. The first-order chi connectivity index (χ1) is 14.1. The number of rotatable bonds is 5. The van der Waals surface area contributed by atoms with Crippen molar-refractivity contribution in [3.8, 4) is 5.69 Å². The Labute approximate surface area is 170 Å². The number of carbonyl (C=O) groups excluding carboxylic acids is 1. The highest BCUT2D eigenvalue weighted by Crippen LogP contribution is 2.20. The number of nitrogens with one attached hydrogen (secondary N) is 1. The Hall–Kier alpha value is -3.22. The third-order valence-corrected chi connectivity index (χ3v) is 5.42. The van der Waals surface area contributed by atoms with Crippen molar-refractivity contribution in [1.82, 2.24) is 24.9 Å². The van der Waals surface area contributed by atoms with E-state index in [9.17, 15) is 4.79 Å². The van der Waals surface area contributed by atoms with Gasteiger partial charge in [-0.15, -0.1) is 5.10 Å². The van der Waals surface area contributed by atoms with Gasteiger partial charge in [0.25, 0.3) is 5.91 Å². The molecule has 1 aromatic carbocycles. The molecular formula is C22H26N6O. The first kappa shape index (κ1) is 19.1. The quantitative estimate of drug-likeness (QED) is 0.719. The second-order valence-corrected chi connectivity index (χ2v) is 7.70. The Morgan fingerprint density at radius 2 is 1.90 bits per heavy atom. The van der Waals surface area contributed by atoms with Crippen molar-refractivity contribution in [2.24, 2.45) is 5.92 Å². The molecule has 1 fully saturated rings. The van der Waals surface area contributed by atoms with Gasteiger partial charge in [-0.1, -0.05) is 30.3 Å². The largest absolute Gasteiger partial charge is 0.362 e. The molecule has 0 spiro atoms. The zero-order valence-electron chi connectivity index (χ0n) is 16.8. The Balaban J connectivity index is 1.38. The molecule has 3 heterocycles. The van der Waals surface area contributed by atoms with Crippen molar-refractivity contribution in [3.05, 3.63) is 66.1 Å². The Kier molecular flexibility index (Phi) is 5.55. The maximum absolute atomic E-state index is 12.6. The van der Waals surface area contributed by atoms with E-state index in [1.54, 1.807) is 10.9 Å². The number of nitrogens with zero attached hydrogens (tertiary/aromatic N) is 5. The van der Waals surface area contributed by atoms with Gasteiger partial charge in [-0.3, -0.25) is 4.79 Å². The summed E-state index contributed by atoms with van der Waals surface area (Å²) in [5, 5.41) is 11.8. The maximum atomic E-state index is 12.6. The molecule has 1 amide bonds. The Morgan fingerprint density at radius 1 is 1.14 bits per heavy atom. The number of piperidine rings is 1. The lowest BCUT2D eigenvalue weighted by Gasteiger charge is -2.30. The number of amides is 1. The molecule has 0 bridgehead atoms. The zero-order chi connectivity index (χ0) is 20.2. The van der Waals surface area contributed by atoms with Crippen molar-refractivity contribution in [2.75, 3.05) is 18.4 Å². The molecule has 1 N–H and O–H groups in total. The van der Waals surface area contributed by atoms with Crippen molar-refractivity contribution in [3.63, 3.8) is 0 Å². The molecule has 150 valence electrons. The standard InChI is InChI=1S/C22H26N6O/c1-16-10-12-27(13-11-16)22(29)18-8-9-21(23-14-18)24-17(2)20-15-28(26-25-20)19-6-4-3-5-7-19/h3-9,14-17H,10-13H2,1-2H3,(H,23,24). The number of aromatic nitrogens is 4. The molecule has 1 unspecified atom stereocenters. The van der Waals surface area contributed by atoms with E-state index in [1.807, 2.05) is 60.5 Å². The predicted octanol–water partition coefficient (Wildman–Crippen LogP) is 3.71. The van der Waals surface area contributed by atoms with Gasteiger partial charge < -0.3 is 10.2 Å². The number of pyridine rings is 1. The summed E-state index contributed by atoms with van der Waals surface area (Å²) < 4.78 is 1.75. The van der Waals surface area contributed by atoms with Crippen LogP contribution in [0.15, 0.2) is 54.9 Å². The van der Waals surface area contributed by atoms with Crippen LogP contribution in [0.1, 0.15) is 48.8 Å². The highest BCUT2D eigenvalue weighted by Gasteiger charge is 2.21. The van der Waals surface area contributed by atoms with E-state index in [4.69, 9.17) is 0 Å². The molecule has 1 aliphatic rings. The smallest absolute Gasteiger partial charge is 0.255 e. The Bertz CT molecular complexity index is 945. The topological polar surface area (TPSA) is 75.9 Å². The fourth-order valence-electron chi connectivity index (χ4n) is 3.48. The first-order valence-corrected chi connectivity index (χ1v) is 10.1. The predicted molar refractivity (Wildman–Crippen MR) is 112 cm³/mol. The van der Waals surface area contributed by atoms with E-state index in [0.29, 0.717) is 17.3 Å². The second-order valence-electron chi connectivity index (χ2n) is 7.70. The van der Waals surface area contributed by atoms with E-state index in [2.05, 4.69) is 27.5 Å². The molecule has 3 aromatic rings. The minimum Gasteiger partial charge on any atom is -0.362 e. The molecule has 7 nitrogen and oxygen atoms in total. The molecule has 1 aliphatic heterocycles. The van der Waals surface area contributed by atoms with Gasteiger partial charge in [0.1, 0.15) is 11.5 Å². The first-order valence-electron chi connectivity index (χ1n) is 10.1. The molecule has 1 atom stereocenters. The minimum absolute atomic E-state index is 0.0646. The number of para-hydroxylation sites is 1. The van der Waals surface area contributed by atoms with Gasteiger partial charge in [-0.2, -0.15) is 0 Å². The molecule has 0 radical (unpaired) electrons. The molecule has 1 saturated heterocycles. The van der Waals surface area contributed by atoms with E-state index in [0.717, 1.165) is 37.3 Å². The molecule has 0 saturated carbocycles. The lowest BCUT2D eigenvalue weighted by Crippen LogP contribution is -2.37. The van der Waals surface area contributed by atoms with Gasteiger partial charge in [0.2, 0.25) is 0 Å². The third-order valence-electron chi connectivity index (χ3n) is 5.42. The molecule has 0 aliphatic carbocycles. The maximum Gasteiger partial charge on any atom is 0.255 e. The lowest BCUT2D eigenvalue weighted by atomic mass is 9.99. The average molecular weight is 390 g/mol. The number of likely N-dealkylation sites (tertiary alicyclic amines) is 1. The summed E-state index contributed by atoms with van der Waals surface area (Å²) in [6, 6.07) is 13.5. The summed E-state index contributed by atoms with van der Waals surface area (Å²) in [4.78, 5) is 19.0. The molecule has 7 heteroatoms. The van der Waals surface area contributed by atoms with Crippen molar-refractivity contribution >= 4 is 11.7 Å². The van der Waals surface area contributed by atoms with Crippen LogP contribution in [0.2, 0.25) is 0 Å². The fourth-order valence-corrected chi connectivity index (χ4v) is 3.48. The summed E-state index contributed by atoms with van der Waals surface area (Å²) in [6.07, 6.45) is 5.69. The van der Waals surface area contributed by atoms with Crippen LogP contribution < -0.4 is 5.32 Å². The number of hydrogen-bond donors (Lipinski definition) is 1. The van der Waals surface area contributed by atoms with Crippen LogP contribution in [0.4, 0.5) is 5.82 Å². The van der Waals surface area contributed by atoms with Crippen molar-refractivity contribution in [2.45, 2.75) is 32.7 Å². The number of anilines is 1. The summed E-state index contributed by atoms with van der Waals surface area (Å²) in [5.74, 6) is 1.47. The monoisotopic (exact) mass is 390 g/mol. The lowest BCUT2D eigenvalue weighted by molar-refractivity contribution is 0.0697. The van der Waals surface area contributed by atoms with Crippen molar-refractivity contribution in [1.29, 1.82) is 0 Å². The van der Waals surface area contributed by atoms with E-state index in [1.165, 1.54) is 0 Å². The molecule has 29 heavy (non-hydrogen) atoms. The zero-order valence-corrected chi connectivity index (χ0v) is 16.8. The normalized spacial score (nSPS) is 15.9. The third kappa shape index (κ3) is 4.45. The summed E-state index contributed by atoms with van der Waals surface area (Å²) >= 11 is 0. The SMILES string of the molecule is CC1CCN(C(=O)c2ccc(NC(C)c3cn(-c4ccccc4)nn3)nc2)CC1. The molecule has 4 rings (SSSR count). The number of carbonyl (C=O) groups is 1. The number of hydrogen-bond acceptors (Lipinski definition) is 5. The van der Waals surface area contributed by atoms with Gasteiger partial charge in [0, 0.05) is 19.3 Å². The Morgan fingerprint density at radius 3 is 2.59 bits per heavy atom. The van der Waals surface area contributed by atoms with Crippen LogP contribution in [0.3, 0.4) is 0 Å². The second kappa shape index (κ2) is 8.43.